The van der Waals surface area contributed by atoms with Crippen LogP contribution in [0.2, 0.25) is 5.02 Å². The second-order valence-corrected chi connectivity index (χ2v) is 6.80. The third-order valence-electron chi connectivity index (χ3n) is 4.88. The van der Waals surface area contributed by atoms with Gasteiger partial charge in [-0.15, -0.1) is 0 Å². The zero-order valence-corrected chi connectivity index (χ0v) is 14.7. The molecule has 2 heterocycles. The molecule has 2 aromatic rings. The fraction of sp³-hybridized carbons (Fsp3) is 0.211. The lowest BCUT2D eigenvalue weighted by Gasteiger charge is -2.20. The Morgan fingerprint density at radius 1 is 1.19 bits per heavy atom. The van der Waals surface area contributed by atoms with E-state index in [-0.39, 0.29) is 18.9 Å². The maximum Gasteiger partial charge on any atom is 0.250 e. The summed E-state index contributed by atoms with van der Waals surface area (Å²) in [4.78, 5) is 39.5. The highest BCUT2D eigenvalue weighted by Gasteiger charge is 2.61. The molecule has 1 atom stereocenters. The molecule has 26 heavy (non-hydrogen) atoms. The quantitative estimate of drug-likeness (QED) is 0.665. The number of anilines is 1. The molecule has 7 heteroatoms. The van der Waals surface area contributed by atoms with Crippen molar-refractivity contribution in [3.8, 4) is 5.75 Å². The van der Waals surface area contributed by atoms with Crippen LogP contribution in [0, 0.1) is 0 Å². The van der Waals surface area contributed by atoms with Crippen molar-refractivity contribution in [2.75, 3.05) is 12.4 Å². The molecule has 1 N–H and O–H groups in total. The number of hydrogen-bond donors (Lipinski definition) is 1. The van der Waals surface area contributed by atoms with Crippen molar-refractivity contribution < 1.29 is 19.1 Å². The second-order valence-electron chi connectivity index (χ2n) is 6.36. The molecule has 1 fully saturated rings. The fourth-order valence-electron chi connectivity index (χ4n) is 3.57. The standard InChI is InChI=1S/C19H15ClN2O4/c1-26-13-4-2-3-11(7-13)10-22-16(23)9-19(18(22)25)14-8-12(20)5-6-15(14)21-17(19)24/h2-8H,9-10H2,1H3,(H,21,24). The summed E-state index contributed by atoms with van der Waals surface area (Å²) in [7, 11) is 1.55. The van der Waals surface area contributed by atoms with Crippen molar-refractivity contribution >= 4 is 35.0 Å². The number of carbonyl (C=O) groups is 3. The van der Waals surface area contributed by atoms with Crippen LogP contribution in [0.5, 0.6) is 5.75 Å². The first-order chi connectivity index (χ1) is 12.5. The van der Waals surface area contributed by atoms with Gasteiger partial charge in [0.25, 0.3) is 0 Å². The number of rotatable bonds is 3. The number of amides is 3. The van der Waals surface area contributed by atoms with Crippen LogP contribution in [0.4, 0.5) is 5.69 Å². The first-order valence-corrected chi connectivity index (χ1v) is 8.43. The van der Waals surface area contributed by atoms with Crippen LogP contribution in [0.15, 0.2) is 42.5 Å². The highest BCUT2D eigenvalue weighted by atomic mass is 35.5. The minimum atomic E-state index is -1.53. The van der Waals surface area contributed by atoms with E-state index in [4.69, 9.17) is 16.3 Å². The van der Waals surface area contributed by atoms with E-state index in [9.17, 15) is 14.4 Å². The molecule has 2 aliphatic heterocycles. The van der Waals surface area contributed by atoms with E-state index in [2.05, 4.69) is 5.32 Å². The Morgan fingerprint density at radius 2 is 2.00 bits per heavy atom. The number of imide groups is 1. The Hall–Kier alpha value is -2.86. The minimum absolute atomic E-state index is 0.0831. The average molecular weight is 371 g/mol. The van der Waals surface area contributed by atoms with Gasteiger partial charge < -0.3 is 10.1 Å². The monoisotopic (exact) mass is 370 g/mol. The lowest BCUT2D eigenvalue weighted by Crippen LogP contribution is -2.43. The van der Waals surface area contributed by atoms with Gasteiger partial charge in [0.05, 0.1) is 20.1 Å². The summed E-state index contributed by atoms with van der Waals surface area (Å²) in [6.45, 7) is 0.0831. The van der Waals surface area contributed by atoms with Crippen molar-refractivity contribution in [1.29, 1.82) is 0 Å². The van der Waals surface area contributed by atoms with Crippen LogP contribution < -0.4 is 10.1 Å². The molecule has 2 aliphatic rings. The molecule has 2 aromatic carbocycles. The summed E-state index contributed by atoms with van der Waals surface area (Å²) in [6.07, 6.45) is -0.199. The van der Waals surface area contributed by atoms with Gasteiger partial charge in [-0.05, 0) is 35.9 Å². The fourth-order valence-corrected chi connectivity index (χ4v) is 3.74. The molecule has 1 unspecified atom stereocenters. The topological polar surface area (TPSA) is 75.7 Å². The molecular weight excluding hydrogens is 356 g/mol. The van der Waals surface area contributed by atoms with Gasteiger partial charge in [-0.25, -0.2) is 0 Å². The summed E-state index contributed by atoms with van der Waals surface area (Å²) in [5, 5.41) is 3.10. The third kappa shape index (κ3) is 2.29. The van der Waals surface area contributed by atoms with Gasteiger partial charge in [-0.3, -0.25) is 19.3 Å². The number of halogens is 1. The van der Waals surface area contributed by atoms with Crippen molar-refractivity contribution in [3.05, 3.63) is 58.6 Å². The number of fused-ring (bicyclic) bond motifs is 2. The molecule has 0 aliphatic carbocycles. The number of benzene rings is 2. The molecule has 0 radical (unpaired) electrons. The van der Waals surface area contributed by atoms with Gasteiger partial charge in [-0.2, -0.15) is 0 Å². The van der Waals surface area contributed by atoms with Crippen LogP contribution in [0.1, 0.15) is 17.5 Å². The predicted molar refractivity (Wildman–Crippen MR) is 94.9 cm³/mol. The summed E-state index contributed by atoms with van der Waals surface area (Å²) >= 11 is 6.05. The highest BCUT2D eigenvalue weighted by Crippen LogP contribution is 2.46. The van der Waals surface area contributed by atoms with Gasteiger partial charge in [0.2, 0.25) is 17.7 Å². The maximum atomic E-state index is 13.2. The van der Waals surface area contributed by atoms with E-state index in [0.717, 1.165) is 10.5 Å². The highest BCUT2D eigenvalue weighted by molar-refractivity contribution is 6.32. The molecule has 0 bridgehead atoms. The second kappa shape index (κ2) is 5.85. The largest absolute Gasteiger partial charge is 0.497 e. The van der Waals surface area contributed by atoms with E-state index < -0.39 is 17.2 Å². The first-order valence-electron chi connectivity index (χ1n) is 8.05. The Balaban J connectivity index is 1.72. The molecule has 4 rings (SSSR count). The first kappa shape index (κ1) is 16.6. The van der Waals surface area contributed by atoms with Crippen molar-refractivity contribution in [3.63, 3.8) is 0 Å². The number of likely N-dealkylation sites (tertiary alicyclic amines) is 1. The Kier molecular flexibility index (Phi) is 3.73. The molecule has 1 saturated heterocycles. The van der Waals surface area contributed by atoms with Gasteiger partial charge >= 0.3 is 0 Å². The van der Waals surface area contributed by atoms with E-state index in [1.165, 1.54) is 0 Å². The Morgan fingerprint density at radius 3 is 2.77 bits per heavy atom. The van der Waals surface area contributed by atoms with E-state index in [0.29, 0.717) is 22.0 Å². The van der Waals surface area contributed by atoms with Crippen LogP contribution >= 0.6 is 11.6 Å². The van der Waals surface area contributed by atoms with E-state index >= 15 is 0 Å². The van der Waals surface area contributed by atoms with Gasteiger partial charge in [0.15, 0.2) is 5.41 Å². The van der Waals surface area contributed by atoms with Crippen LogP contribution in [0.25, 0.3) is 0 Å². The molecule has 0 saturated carbocycles. The van der Waals surface area contributed by atoms with Gasteiger partial charge in [0.1, 0.15) is 5.75 Å². The number of carbonyl (C=O) groups excluding carboxylic acids is 3. The maximum absolute atomic E-state index is 13.2. The molecular formula is C19H15ClN2O4. The smallest absolute Gasteiger partial charge is 0.250 e. The van der Waals surface area contributed by atoms with Crippen LogP contribution in [-0.2, 0) is 26.3 Å². The van der Waals surface area contributed by atoms with E-state index in [1.807, 2.05) is 0 Å². The zero-order chi connectivity index (χ0) is 18.5. The van der Waals surface area contributed by atoms with Gasteiger partial charge in [-0.1, -0.05) is 23.7 Å². The lowest BCUT2D eigenvalue weighted by atomic mass is 9.80. The lowest BCUT2D eigenvalue weighted by molar-refractivity contribution is -0.141. The number of hydrogen-bond acceptors (Lipinski definition) is 4. The minimum Gasteiger partial charge on any atom is -0.497 e. The number of nitrogens with one attached hydrogen (secondary N) is 1. The van der Waals surface area contributed by atoms with Crippen molar-refractivity contribution in [2.45, 2.75) is 18.4 Å². The van der Waals surface area contributed by atoms with Crippen molar-refractivity contribution in [1.82, 2.24) is 4.90 Å². The van der Waals surface area contributed by atoms with Gasteiger partial charge in [0, 0.05) is 16.3 Å². The average Bonchev–Trinajstić information content (AvgIpc) is 3.04. The molecule has 132 valence electrons. The number of nitrogens with zero attached hydrogens (tertiary/aromatic N) is 1. The van der Waals surface area contributed by atoms with E-state index in [1.54, 1.807) is 49.6 Å². The van der Waals surface area contributed by atoms with Crippen LogP contribution in [0.3, 0.4) is 0 Å². The third-order valence-corrected chi connectivity index (χ3v) is 5.11. The molecule has 3 amide bonds. The summed E-state index contributed by atoms with van der Waals surface area (Å²) in [5.41, 5.74) is 0.189. The Bertz CT molecular complexity index is 958. The zero-order valence-electron chi connectivity index (χ0n) is 13.9. The summed E-state index contributed by atoms with van der Waals surface area (Å²) in [6, 6.07) is 12.0. The number of ether oxygens (including phenoxy) is 1. The van der Waals surface area contributed by atoms with Crippen LogP contribution in [-0.4, -0.2) is 29.7 Å². The molecule has 1 spiro atoms. The van der Waals surface area contributed by atoms with Crippen molar-refractivity contribution in [2.24, 2.45) is 0 Å². The summed E-state index contributed by atoms with van der Waals surface area (Å²) < 4.78 is 5.18. The Labute approximate surface area is 154 Å². The predicted octanol–water partition coefficient (Wildman–Crippen LogP) is 2.50. The SMILES string of the molecule is COc1cccc(CN2C(=O)CC3(C(=O)Nc4ccc(Cl)cc43)C2=O)c1. The number of methoxy groups -OCH3 is 1. The summed E-state index contributed by atoms with van der Waals surface area (Å²) in [5.74, 6) is -0.766. The molecule has 6 nitrogen and oxygen atoms in total. The molecule has 0 aromatic heterocycles. The normalized spacial score (nSPS) is 21.3.